The largest absolute Gasteiger partial charge is 0.353 e. The van der Waals surface area contributed by atoms with Gasteiger partial charge in [-0.05, 0) is 7.05 Å². The minimum atomic E-state index is -0.351. The Kier molecular flexibility index (Phi) is 3.96. The van der Waals surface area contributed by atoms with Gasteiger partial charge in [0, 0.05) is 39.3 Å². The van der Waals surface area contributed by atoms with E-state index in [1.807, 2.05) is 4.90 Å². The molecule has 2 saturated heterocycles. The molecule has 0 aliphatic carbocycles. The highest BCUT2D eigenvalue weighted by Gasteiger charge is 2.27. The van der Waals surface area contributed by atoms with E-state index in [0.717, 1.165) is 32.7 Å². The van der Waals surface area contributed by atoms with Crippen molar-refractivity contribution in [3.63, 3.8) is 0 Å². The van der Waals surface area contributed by atoms with E-state index in [4.69, 9.17) is 0 Å². The molecule has 96 valence electrons. The van der Waals surface area contributed by atoms with Crippen LogP contribution in [0, 0.1) is 0 Å². The van der Waals surface area contributed by atoms with Crippen LogP contribution in [0.25, 0.3) is 0 Å². The first-order valence-corrected chi connectivity index (χ1v) is 6.14. The zero-order valence-electron chi connectivity index (χ0n) is 10.2. The Morgan fingerprint density at radius 1 is 1.29 bits per heavy atom. The number of rotatable bonds is 2. The second-order valence-electron chi connectivity index (χ2n) is 4.69. The molecule has 0 aromatic rings. The maximum Gasteiger partial charge on any atom is 0.237 e. The van der Waals surface area contributed by atoms with Gasteiger partial charge in [-0.25, -0.2) is 0 Å². The number of hydrogen-bond donors (Lipinski definition) is 2. The molecule has 6 nitrogen and oxygen atoms in total. The molecule has 2 N–H and O–H groups in total. The standard InChI is InChI=1S/C11H20N4O2/c1-14-4-6-15(7-5-14)10(16)8-9-11(17)13-3-2-12-9/h9,12H,2-8H2,1H3,(H,13,17)/t9-/m1/s1. The molecule has 2 fully saturated rings. The van der Waals surface area contributed by atoms with Gasteiger partial charge >= 0.3 is 0 Å². The lowest BCUT2D eigenvalue weighted by Gasteiger charge is -2.33. The van der Waals surface area contributed by atoms with Crippen LogP contribution in [-0.4, -0.2) is 74.0 Å². The number of hydrogen-bond acceptors (Lipinski definition) is 4. The summed E-state index contributed by atoms with van der Waals surface area (Å²) < 4.78 is 0. The summed E-state index contributed by atoms with van der Waals surface area (Å²) >= 11 is 0. The van der Waals surface area contributed by atoms with Crippen molar-refractivity contribution in [1.29, 1.82) is 0 Å². The second kappa shape index (κ2) is 5.46. The average Bonchev–Trinajstić information content (AvgIpc) is 2.33. The van der Waals surface area contributed by atoms with Crippen molar-refractivity contribution in [3.8, 4) is 0 Å². The summed E-state index contributed by atoms with van der Waals surface area (Å²) in [6.45, 7) is 4.75. The van der Waals surface area contributed by atoms with Gasteiger partial charge in [-0.3, -0.25) is 9.59 Å². The van der Waals surface area contributed by atoms with Crippen molar-refractivity contribution in [3.05, 3.63) is 0 Å². The topological polar surface area (TPSA) is 64.7 Å². The fraction of sp³-hybridized carbons (Fsp3) is 0.818. The Bertz CT molecular complexity index is 300. The Morgan fingerprint density at radius 3 is 2.65 bits per heavy atom. The van der Waals surface area contributed by atoms with Crippen molar-refractivity contribution in [1.82, 2.24) is 20.4 Å². The number of carbonyl (C=O) groups excluding carboxylic acids is 2. The number of amides is 2. The zero-order valence-corrected chi connectivity index (χ0v) is 10.2. The van der Waals surface area contributed by atoms with Crippen LogP contribution in [0.5, 0.6) is 0 Å². The zero-order chi connectivity index (χ0) is 12.3. The van der Waals surface area contributed by atoms with E-state index in [2.05, 4.69) is 22.6 Å². The minimum absolute atomic E-state index is 0.0567. The number of nitrogens with one attached hydrogen (secondary N) is 2. The monoisotopic (exact) mass is 240 g/mol. The third-order valence-electron chi connectivity index (χ3n) is 3.37. The Morgan fingerprint density at radius 2 is 2.00 bits per heavy atom. The summed E-state index contributed by atoms with van der Waals surface area (Å²) in [4.78, 5) is 27.6. The molecular formula is C11H20N4O2. The van der Waals surface area contributed by atoms with Gasteiger partial charge in [-0.15, -0.1) is 0 Å². The van der Waals surface area contributed by atoms with Crippen LogP contribution in [-0.2, 0) is 9.59 Å². The highest BCUT2D eigenvalue weighted by Crippen LogP contribution is 2.05. The minimum Gasteiger partial charge on any atom is -0.353 e. The fourth-order valence-electron chi connectivity index (χ4n) is 2.17. The van der Waals surface area contributed by atoms with Crippen molar-refractivity contribution in [2.75, 3.05) is 46.3 Å². The highest BCUT2D eigenvalue weighted by atomic mass is 16.2. The van der Waals surface area contributed by atoms with Crippen LogP contribution >= 0.6 is 0 Å². The van der Waals surface area contributed by atoms with Gasteiger partial charge in [0.05, 0.1) is 12.5 Å². The summed E-state index contributed by atoms with van der Waals surface area (Å²) in [5, 5.41) is 5.84. The van der Waals surface area contributed by atoms with Crippen LogP contribution < -0.4 is 10.6 Å². The third-order valence-corrected chi connectivity index (χ3v) is 3.37. The van der Waals surface area contributed by atoms with Gasteiger partial charge < -0.3 is 20.4 Å². The molecule has 0 unspecified atom stereocenters. The quantitative estimate of drug-likeness (QED) is 0.600. The van der Waals surface area contributed by atoms with Crippen LogP contribution in [0.15, 0.2) is 0 Å². The molecule has 0 spiro atoms. The lowest BCUT2D eigenvalue weighted by atomic mass is 10.1. The summed E-state index contributed by atoms with van der Waals surface area (Å²) in [5.74, 6) is 0.0198. The van der Waals surface area contributed by atoms with Crippen LogP contribution in [0.3, 0.4) is 0 Å². The molecule has 2 aliphatic heterocycles. The number of nitrogens with zero attached hydrogens (tertiary/aromatic N) is 2. The molecule has 17 heavy (non-hydrogen) atoms. The number of piperazine rings is 2. The van der Waals surface area contributed by atoms with Crippen molar-refractivity contribution in [2.45, 2.75) is 12.5 Å². The molecule has 0 radical (unpaired) electrons. The van der Waals surface area contributed by atoms with Gasteiger partial charge in [0.15, 0.2) is 0 Å². The Hall–Kier alpha value is -1.14. The van der Waals surface area contributed by atoms with Gasteiger partial charge in [0.1, 0.15) is 0 Å². The van der Waals surface area contributed by atoms with E-state index in [-0.39, 0.29) is 24.3 Å². The van der Waals surface area contributed by atoms with Crippen LogP contribution in [0.1, 0.15) is 6.42 Å². The van der Waals surface area contributed by atoms with E-state index in [1.165, 1.54) is 0 Å². The molecule has 6 heteroatoms. The first-order valence-electron chi connectivity index (χ1n) is 6.14. The molecule has 2 aliphatic rings. The maximum absolute atomic E-state index is 12.0. The smallest absolute Gasteiger partial charge is 0.237 e. The van der Waals surface area contributed by atoms with Gasteiger partial charge in [-0.2, -0.15) is 0 Å². The van der Waals surface area contributed by atoms with E-state index in [1.54, 1.807) is 0 Å². The van der Waals surface area contributed by atoms with Crippen LogP contribution in [0.4, 0.5) is 0 Å². The Balaban J connectivity index is 1.82. The predicted octanol–water partition coefficient (Wildman–Crippen LogP) is -1.76. The molecule has 2 heterocycles. The first kappa shape index (κ1) is 12.3. The lowest BCUT2D eigenvalue weighted by molar-refractivity contribution is -0.136. The van der Waals surface area contributed by atoms with Crippen molar-refractivity contribution >= 4 is 11.8 Å². The van der Waals surface area contributed by atoms with Crippen molar-refractivity contribution in [2.24, 2.45) is 0 Å². The first-order chi connectivity index (χ1) is 8.16. The normalized spacial score (nSPS) is 26.8. The van der Waals surface area contributed by atoms with Gasteiger partial charge in [0.2, 0.25) is 11.8 Å². The van der Waals surface area contributed by atoms with E-state index in [0.29, 0.717) is 6.54 Å². The Labute approximate surface area is 101 Å². The van der Waals surface area contributed by atoms with Gasteiger partial charge in [0.25, 0.3) is 0 Å². The fourth-order valence-corrected chi connectivity index (χ4v) is 2.17. The molecule has 0 bridgehead atoms. The van der Waals surface area contributed by atoms with E-state index < -0.39 is 0 Å². The molecule has 0 aromatic heterocycles. The van der Waals surface area contributed by atoms with Gasteiger partial charge in [-0.1, -0.05) is 0 Å². The maximum atomic E-state index is 12.0. The average molecular weight is 240 g/mol. The second-order valence-corrected chi connectivity index (χ2v) is 4.69. The number of likely N-dealkylation sites (N-methyl/N-ethyl adjacent to an activating group) is 1. The van der Waals surface area contributed by atoms with E-state index >= 15 is 0 Å². The summed E-state index contributed by atoms with van der Waals surface area (Å²) in [6, 6.07) is -0.351. The molecule has 0 saturated carbocycles. The summed E-state index contributed by atoms with van der Waals surface area (Å²) in [5.41, 5.74) is 0. The number of carbonyl (C=O) groups is 2. The summed E-state index contributed by atoms with van der Waals surface area (Å²) in [6.07, 6.45) is 0.273. The van der Waals surface area contributed by atoms with E-state index in [9.17, 15) is 9.59 Å². The third kappa shape index (κ3) is 3.17. The molecule has 0 aromatic carbocycles. The van der Waals surface area contributed by atoms with Crippen molar-refractivity contribution < 1.29 is 9.59 Å². The molecular weight excluding hydrogens is 220 g/mol. The lowest BCUT2D eigenvalue weighted by Crippen LogP contribution is -2.55. The predicted molar refractivity (Wildman–Crippen MR) is 63.5 cm³/mol. The molecule has 2 amide bonds. The molecule has 2 rings (SSSR count). The molecule has 1 atom stereocenters. The SMILES string of the molecule is CN1CCN(C(=O)C[C@H]2NCCNC2=O)CC1. The highest BCUT2D eigenvalue weighted by molar-refractivity contribution is 5.88. The van der Waals surface area contributed by atoms with Crippen LogP contribution in [0.2, 0.25) is 0 Å². The summed E-state index contributed by atoms with van der Waals surface area (Å²) in [7, 11) is 2.05.